The summed E-state index contributed by atoms with van der Waals surface area (Å²) in [6, 6.07) is 8.13. The molecule has 6 heteroatoms. The Bertz CT molecular complexity index is 487. The third-order valence-electron chi connectivity index (χ3n) is 4.30. The highest BCUT2D eigenvalue weighted by Gasteiger charge is 2.09. The second kappa shape index (κ2) is 13.2. The summed E-state index contributed by atoms with van der Waals surface area (Å²) in [6.07, 6.45) is 5.18. The van der Waals surface area contributed by atoms with Crippen LogP contribution in [0.3, 0.4) is 0 Å². The Morgan fingerprint density at radius 1 is 1.08 bits per heavy atom. The largest absolute Gasteiger partial charge is 0.492 e. The van der Waals surface area contributed by atoms with E-state index >= 15 is 0 Å². The van der Waals surface area contributed by atoms with Crippen molar-refractivity contribution in [2.24, 2.45) is 4.99 Å². The maximum absolute atomic E-state index is 5.71. The van der Waals surface area contributed by atoms with E-state index in [1.54, 1.807) is 7.05 Å². The average Bonchev–Trinajstić information content (AvgIpc) is 3.11. The Morgan fingerprint density at radius 2 is 1.76 bits per heavy atom. The fraction of sp³-hybridized carbons (Fsp3) is 0.632. The molecule has 0 spiro atoms. The highest BCUT2D eigenvalue weighted by atomic mass is 127. The Kier molecular flexibility index (Phi) is 11.6. The molecule has 5 nitrogen and oxygen atoms in total. The number of aliphatic imine (C=N–C) groups is 1. The predicted octanol–water partition coefficient (Wildman–Crippen LogP) is 3.03. The Morgan fingerprint density at radius 3 is 2.44 bits per heavy atom. The first kappa shape index (κ1) is 22.0. The average molecular weight is 460 g/mol. The quantitative estimate of drug-likeness (QED) is 0.258. The molecule has 1 fully saturated rings. The molecular weight excluding hydrogens is 427 g/mol. The molecule has 142 valence electrons. The van der Waals surface area contributed by atoms with E-state index in [0.29, 0.717) is 6.61 Å². The standard InChI is InChI=1S/C19H32N4O.HI/c1-17-7-9-18(10-8-17)24-16-12-22-19(20-2)21-11-3-4-13-23-14-5-6-15-23;/h7-10H,3-6,11-16H2,1-2H3,(H2,20,21,22);1H. The molecule has 2 N–H and O–H groups in total. The number of halogens is 1. The molecule has 0 aromatic heterocycles. The molecule has 0 saturated carbocycles. The minimum Gasteiger partial charge on any atom is -0.492 e. The summed E-state index contributed by atoms with van der Waals surface area (Å²) in [6.45, 7) is 8.21. The van der Waals surface area contributed by atoms with Crippen molar-refractivity contribution in [3.63, 3.8) is 0 Å². The van der Waals surface area contributed by atoms with E-state index in [2.05, 4.69) is 39.6 Å². The molecular formula is C19H33IN4O. The van der Waals surface area contributed by atoms with Gasteiger partial charge in [-0.2, -0.15) is 0 Å². The van der Waals surface area contributed by atoms with Crippen molar-refractivity contribution in [3.05, 3.63) is 29.8 Å². The van der Waals surface area contributed by atoms with Crippen LogP contribution in [0.4, 0.5) is 0 Å². The zero-order valence-corrected chi connectivity index (χ0v) is 17.9. The van der Waals surface area contributed by atoms with Gasteiger partial charge < -0.3 is 20.3 Å². The Hall–Kier alpha value is -1.02. The van der Waals surface area contributed by atoms with Gasteiger partial charge in [-0.05, 0) is 64.4 Å². The van der Waals surface area contributed by atoms with Crippen LogP contribution in [-0.4, -0.2) is 57.2 Å². The Labute approximate surface area is 169 Å². The fourth-order valence-electron chi connectivity index (χ4n) is 2.87. The summed E-state index contributed by atoms with van der Waals surface area (Å²) < 4.78 is 5.71. The van der Waals surface area contributed by atoms with E-state index in [1.165, 1.54) is 50.9 Å². The number of ether oxygens (including phenoxy) is 1. The third kappa shape index (κ3) is 9.30. The van der Waals surface area contributed by atoms with Crippen molar-refractivity contribution in [3.8, 4) is 5.75 Å². The first-order valence-electron chi connectivity index (χ1n) is 9.14. The van der Waals surface area contributed by atoms with Gasteiger partial charge in [0, 0.05) is 13.6 Å². The highest BCUT2D eigenvalue weighted by Crippen LogP contribution is 2.10. The van der Waals surface area contributed by atoms with Crippen LogP contribution in [0.25, 0.3) is 0 Å². The van der Waals surface area contributed by atoms with E-state index in [1.807, 2.05) is 12.1 Å². The fourth-order valence-corrected chi connectivity index (χ4v) is 2.87. The molecule has 0 atom stereocenters. The van der Waals surface area contributed by atoms with Crippen molar-refractivity contribution in [2.45, 2.75) is 32.6 Å². The minimum absolute atomic E-state index is 0. The lowest BCUT2D eigenvalue weighted by molar-refractivity contribution is 0.321. The summed E-state index contributed by atoms with van der Waals surface area (Å²) in [4.78, 5) is 6.81. The van der Waals surface area contributed by atoms with Gasteiger partial charge in [-0.3, -0.25) is 4.99 Å². The summed E-state index contributed by atoms with van der Waals surface area (Å²) >= 11 is 0. The van der Waals surface area contributed by atoms with E-state index in [0.717, 1.165) is 24.8 Å². The van der Waals surface area contributed by atoms with E-state index in [4.69, 9.17) is 4.74 Å². The smallest absolute Gasteiger partial charge is 0.191 e. The lowest BCUT2D eigenvalue weighted by atomic mass is 10.2. The van der Waals surface area contributed by atoms with Crippen molar-refractivity contribution >= 4 is 29.9 Å². The zero-order chi connectivity index (χ0) is 17.0. The maximum Gasteiger partial charge on any atom is 0.191 e. The molecule has 2 rings (SSSR count). The van der Waals surface area contributed by atoms with Gasteiger partial charge in [0.25, 0.3) is 0 Å². The van der Waals surface area contributed by atoms with Crippen LogP contribution in [0.2, 0.25) is 0 Å². The summed E-state index contributed by atoms with van der Waals surface area (Å²) in [5, 5.41) is 6.65. The molecule has 0 radical (unpaired) electrons. The second-order valence-electron chi connectivity index (χ2n) is 6.34. The number of hydrogen-bond acceptors (Lipinski definition) is 3. The van der Waals surface area contributed by atoms with Gasteiger partial charge in [-0.15, -0.1) is 24.0 Å². The van der Waals surface area contributed by atoms with Crippen LogP contribution in [0.5, 0.6) is 5.75 Å². The molecule has 1 heterocycles. The van der Waals surface area contributed by atoms with Crippen molar-refractivity contribution in [1.29, 1.82) is 0 Å². The Balaban J connectivity index is 0.00000312. The molecule has 25 heavy (non-hydrogen) atoms. The number of nitrogens with one attached hydrogen (secondary N) is 2. The lowest BCUT2D eigenvalue weighted by Crippen LogP contribution is -2.39. The van der Waals surface area contributed by atoms with Gasteiger partial charge in [0.2, 0.25) is 0 Å². The maximum atomic E-state index is 5.71. The number of guanidine groups is 1. The van der Waals surface area contributed by atoms with Crippen molar-refractivity contribution in [2.75, 3.05) is 46.4 Å². The lowest BCUT2D eigenvalue weighted by Gasteiger charge is -2.15. The van der Waals surface area contributed by atoms with Crippen molar-refractivity contribution in [1.82, 2.24) is 15.5 Å². The number of rotatable bonds is 9. The van der Waals surface area contributed by atoms with Gasteiger partial charge in [0.1, 0.15) is 12.4 Å². The van der Waals surface area contributed by atoms with Gasteiger partial charge in [-0.25, -0.2) is 0 Å². The third-order valence-corrected chi connectivity index (χ3v) is 4.30. The van der Waals surface area contributed by atoms with Crippen LogP contribution >= 0.6 is 24.0 Å². The second-order valence-corrected chi connectivity index (χ2v) is 6.34. The summed E-state index contributed by atoms with van der Waals surface area (Å²) in [7, 11) is 1.81. The molecule has 1 saturated heterocycles. The summed E-state index contributed by atoms with van der Waals surface area (Å²) in [5.74, 6) is 1.76. The molecule has 0 aliphatic carbocycles. The first-order chi connectivity index (χ1) is 11.8. The van der Waals surface area contributed by atoms with Crippen LogP contribution in [0.1, 0.15) is 31.2 Å². The number of benzene rings is 1. The number of hydrogen-bond donors (Lipinski definition) is 2. The zero-order valence-electron chi connectivity index (χ0n) is 15.6. The van der Waals surface area contributed by atoms with Gasteiger partial charge in [0.05, 0.1) is 6.54 Å². The SMILES string of the molecule is CN=C(NCCCCN1CCCC1)NCCOc1ccc(C)cc1.I. The predicted molar refractivity (Wildman–Crippen MR) is 116 cm³/mol. The monoisotopic (exact) mass is 460 g/mol. The first-order valence-corrected chi connectivity index (χ1v) is 9.14. The molecule has 1 aromatic carbocycles. The van der Waals surface area contributed by atoms with Gasteiger partial charge in [-0.1, -0.05) is 17.7 Å². The highest BCUT2D eigenvalue weighted by molar-refractivity contribution is 14.0. The van der Waals surface area contributed by atoms with E-state index in [-0.39, 0.29) is 24.0 Å². The van der Waals surface area contributed by atoms with Crippen LogP contribution in [-0.2, 0) is 0 Å². The van der Waals surface area contributed by atoms with E-state index in [9.17, 15) is 0 Å². The number of likely N-dealkylation sites (tertiary alicyclic amines) is 1. The molecule has 1 aliphatic heterocycles. The van der Waals surface area contributed by atoms with Gasteiger partial charge in [0.15, 0.2) is 5.96 Å². The van der Waals surface area contributed by atoms with Crippen LogP contribution < -0.4 is 15.4 Å². The molecule has 1 aliphatic rings. The van der Waals surface area contributed by atoms with Crippen LogP contribution in [0, 0.1) is 6.92 Å². The van der Waals surface area contributed by atoms with E-state index < -0.39 is 0 Å². The topological polar surface area (TPSA) is 48.9 Å². The van der Waals surface area contributed by atoms with Gasteiger partial charge >= 0.3 is 0 Å². The molecule has 0 bridgehead atoms. The number of unbranched alkanes of at least 4 members (excludes halogenated alkanes) is 1. The molecule has 1 aromatic rings. The van der Waals surface area contributed by atoms with Crippen LogP contribution in [0.15, 0.2) is 29.3 Å². The number of aryl methyl sites for hydroxylation is 1. The summed E-state index contributed by atoms with van der Waals surface area (Å²) in [5.41, 5.74) is 1.25. The van der Waals surface area contributed by atoms with Crippen molar-refractivity contribution < 1.29 is 4.74 Å². The normalized spacial score (nSPS) is 14.9. The number of nitrogens with zero attached hydrogens (tertiary/aromatic N) is 2. The molecule has 0 unspecified atom stereocenters. The minimum atomic E-state index is 0. The molecule has 0 amide bonds.